The molecule has 0 saturated carbocycles. The Morgan fingerprint density at radius 3 is 2.23 bits per heavy atom. The fraction of sp³-hybridized carbons (Fsp3) is 0.611. The van der Waals surface area contributed by atoms with Crippen LogP contribution in [0.15, 0.2) is 24.3 Å². The quantitative estimate of drug-likeness (QED) is 0.528. The van der Waals surface area contributed by atoms with Gasteiger partial charge in [-0.3, -0.25) is 9.69 Å². The Bertz CT molecular complexity index is 484. The first-order valence-electron chi connectivity index (χ1n) is 8.34. The molecule has 2 heterocycles. The first-order chi connectivity index (χ1) is 10.2. The lowest BCUT2D eigenvalue weighted by Gasteiger charge is -2.42. The van der Waals surface area contributed by atoms with Crippen molar-refractivity contribution in [3.63, 3.8) is 0 Å². The molecule has 0 bridgehead atoms. The molecule has 0 aromatic heterocycles. The second-order valence-corrected chi connectivity index (χ2v) is 6.82. The minimum Gasteiger partial charge on any atom is -1.00 e. The summed E-state index contributed by atoms with van der Waals surface area (Å²) in [5, 5.41) is 0. The highest BCUT2D eigenvalue weighted by Gasteiger charge is 2.35. The molecule has 0 radical (unpaired) electrons. The predicted molar refractivity (Wildman–Crippen MR) is 85.5 cm³/mol. The Kier molecular flexibility index (Phi) is 6.18. The van der Waals surface area contributed by atoms with Crippen molar-refractivity contribution < 1.29 is 26.3 Å². The van der Waals surface area contributed by atoms with Gasteiger partial charge in [-0.15, -0.1) is 0 Å². The van der Waals surface area contributed by atoms with Gasteiger partial charge in [-0.05, 0) is 6.92 Å². The number of Topliss-reactive ketones (excluding diaryl/α,β-unsaturated/α-hetero) is 1. The van der Waals surface area contributed by atoms with Gasteiger partial charge in [0, 0.05) is 44.5 Å². The number of carbonyl (C=O) groups excluding carboxylic acids is 1. The number of rotatable bonds is 4. The lowest BCUT2D eigenvalue weighted by atomic mass is 10.1. The smallest absolute Gasteiger partial charge is 0.164 e. The summed E-state index contributed by atoms with van der Waals surface area (Å²) in [6.45, 7) is 10.7. The fourth-order valence-corrected chi connectivity index (χ4v) is 3.75. The van der Waals surface area contributed by atoms with E-state index in [9.17, 15) is 4.79 Å². The minimum absolute atomic E-state index is 0. The molecule has 22 heavy (non-hydrogen) atoms. The number of piperazine rings is 1. The van der Waals surface area contributed by atoms with E-state index in [2.05, 4.69) is 11.8 Å². The molecule has 0 N–H and O–H groups in total. The third-order valence-corrected chi connectivity index (χ3v) is 5.32. The number of halogens is 1. The molecule has 3 nitrogen and oxygen atoms in total. The van der Waals surface area contributed by atoms with E-state index in [0.29, 0.717) is 6.42 Å². The van der Waals surface area contributed by atoms with Crippen LogP contribution >= 0.6 is 0 Å². The van der Waals surface area contributed by atoms with Crippen molar-refractivity contribution in [2.45, 2.75) is 26.2 Å². The van der Waals surface area contributed by atoms with Crippen LogP contribution in [0.5, 0.6) is 0 Å². The van der Waals surface area contributed by atoms with E-state index < -0.39 is 0 Å². The third-order valence-electron chi connectivity index (χ3n) is 5.32. The van der Waals surface area contributed by atoms with Gasteiger partial charge in [-0.25, -0.2) is 0 Å². The molecule has 2 aliphatic heterocycles. The summed E-state index contributed by atoms with van der Waals surface area (Å²) < 4.78 is 1.35. The van der Waals surface area contributed by atoms with E-state index in [-0.39, 0.29) is 22.8 Å². The van der Waals surface area contributed by atoms with Crippen molar-refractivity contribution in [1.82, 2.24) is 4.90 Å². The average molecular weight is 367 g/mol. The van der Waals surface area contributed by atoms with Crippen molar-refractivity contribution in [3.8, 4) is 0 Å². The molecule has 0 amide bonds. The van der Waals surface area contributed by atoms with Gasteiger partial charge in [-0.1, -0.05) is 29.8 Å². The van der Waals surface area contributed by atoms with Gasteiger partial charge in [0.2, 0.25) is 0 Å². The van der Waals surface area contributed by atoms with Crippen molar-refractivity contribution in [2.24, 2.45) is 0 Å². The maximum absolute atomic E-state index is 12.2. The van der Waals surface area contributed by atoms with Crippen LogP contribution in [-0.4, -0.2) is 61.0 Å². The Balaban J connectivity index is 0.00000176. The van der Waals surface area contributed by atoms with E-state index >= 15 is 0 Å². The maximum Gasteiger partial charge on any atom is 0.164 e. The van der Waals surface area contributed by atoms with Crippen LogP contribution in [-0.2, 0) is 0 Å². The van der Waals surface area contributed by atoms with Crippen molar-refractivity contribution >= 4 is 5.78 Å². The summed E-state index contributed by atoms with van der Waals surface area (Å²) in [7, 11) is 0. The van der Waals surface area contributed by atoms with Gasteiger partial charge in [0.05, 0.1) is 26.2 Å². The highest BCUT2D eigenvalue weighted by Crippen LogP contribution is 2.22. The summed E-state index contributed by atoms with van der Waals surface area (Å²) in [6.07, 6.45) is 3.47. The number of hydrogen-bond acceptors (Lipinski definition) is 2. The van der Waals surface area contributed by atoms with Crippen LogP contribution in [0.4, 0.5) is 0 Å². The summed E-state index contributed by atoms with van der Waals surface area (Å²) in [5.74, 6) is 0.283. The molecule has 1 spiro atoms. The highest BCUT2D eigenvalue weighted by molar-refractivity contribution is 5.96. The van der Waals surface area contributed by atoms with Crippen molar-refractivity contribution in [2.75, 3.05) is 45.8 Å². The van der Waals surface area contributed by atoms with E-state index in [1.165, 1.54) is 62.2 Å². The van der Waals surface area contributed by atoms with Crippen LogP contribution in [0.2, 0.25) is 0 Å². The van der Waals surface area contributed by atoms with Gasteiger partial charge in [0.1, 0.15) is 0 Å². The van der Waals surface area contributed by atoms with Crippen LogP contribution in [0.3, 0.4) is 0 Å². The Morgan fingerprint density at radius 1 is 1.05 bits per heavy atom. The average Bonchev–Trinajstić information content (AvgIpc) is 2.95. The largest absolute Gasteiger partial charge is 1.00 e. The van der Waals surface area contributed by atoms with Crippen molar-refractivity contribution in [1.29, 1.82) is 0 Å². The van der Waals surface area contributed by atoms with E-state index in [4.69, 9.17) is 0 Å². The van der Waals surface area contributed by atoms with E-state index in [1.54, 1.807) is 0 Å². The zero-order valence-corrected chi connectivity index (χ0v) is 15.1. The van der Waals surface area contributed by atoms with Gasteiger partial charge >= 0.3 is 0 Å². The Hall–Kier alpha value is -0.710. The number of ketones is 1. The number of nitrogens with zero attached hydrogens (tertiary/aromatic N) is 2. The summed E-state index contributed by atoms with van der Waals surface area (Å²) in [4.78, 5) is 14.7. The monoisotopic (exact) mass is 366 g/mol. The first-order valence-corrected chi connectivity index (χ1v) is 8.34. The van der Waals surface area contributed by atoms with Gasteiger partial charge in [0.25, 0.3) is 0 Å². The standard InChI is InChI=1S/C18H27N2O.BrH/c1-16-4-6-17(7-5-16)18(21)8-9-19-10-14-20(15-11-19)12-2-3-13-20;/h4-7H,2-3,8-15H2,1H3;1H/q+1;/p-1. The SMILES string of the molecule is Cc1ccc(C(=O)CCN2CC[N+]3(CCCC3)CC2)cc1.[Br-]. The van der Waals surface area contributed by atoms with Crippen LogP contribution < -0.4 is 17.0 Å². The summed E-state index contributed by atoms with van der Waals surface area (Å²) in [5.41, 5.74) is 2.07. The number of benzene rings is 1. The predicted octanol–water partition coefficient (Wildman–Crippen LogP) is -0.502. The summed E-state index contributed by atoms with van der Waals surface area (Å²) >= 11 is 0. The lowest BCUT2D eigenvalue weighted by Crippen LogP contribution is -3.00. The number of aryl methyl sites for hydroxylation is 1. The molecule has 122 valence electrons. The molecule has 2 saturated heterocycles. The minimum atomic E-state index is 0. The molecule has 0 unspecified atom stereocenters. The fourth-order valence-electron chi connectivity index (χ4n) is 3.75. The molecule has 2 fully saturated rings. The molecule has 4 heteroatoms. The summed E-state index contributed by atoms with van der Waals surface area (Å²) in [6, 6.07) is 7.96. The zero-order chi connectivity index (χ0) is 14.7. The number of hydrogen-bond donors (Lipinski definition) is 0. The maximum atomic E-state index is 12.2. The van der Waals surface area contributed by atoms with E-state index in [1.807, 2.05) is 24.3 Å². The van der Waals surface area contributed by atoms with Gasteiger partial charge in [0.15, 0.2) is 5.78 Å². The van der Waals surface area contributed by atoms with E-state index in [0.717, 1.165) is 12.1 Å². The lowest BCUT2D eigenvalue weighted by molar-refractivity contribution is -0.920. The van der Waals surface area contributed by atoms with Crippen LogP contribution in [0.1, 0.15) is 35.2 Å². The number of quaternary nitrogens is 1. The van der Waals surface area contributed by atoms with Gasteiger partial charge < -0.3 is 21.5 Å². The molecular weight excluding hydrogens is 340 g/mol. The molecular formula is C18H27BrN2O. The van der Waals surface area contributed by atoms with Crippen molar-refractivity contribution in [3.05, 3.63) is 35.4 Å². The zero-order valence-electron chi connectivity index (χ0n) is 13.6. The molecule has 0 atom stereocenters. The highest BCUT2D eigenvalue weighted by atomic mass is 79.9. The van der Waals surface area contributed by atoms with Crippen LogP contribution in [0.25, 0.3) is 0 Å². The molecule has 2 aliphatic rings. The van der Waals surface area contributed by atoms with Gasteiger partial charge in [-0.2, -0.15) is 0 Å². The molecule has 1 aromatic rings. The first kappa shape index (κ1) is 17.6. The second kappa shape index (κ2) is 7.71. The normalized spacial score (nSPS) is 20.8. The molecule has 1 aromatic carbocycles. The Morgan fingerprint density at radius 2 is 1.64 bits per heavy atom. The second-order valence-electron chi connectivity index (χ2n) is 6.82. The number of carbonyl (C=O) groups is 1. The van der Waals surface area contributed by atoms with Crippen LogP contribution in [0, 0.1) is 6.92 Å². The molecule has 0 aliphatic carbocycles. The topological polar surface area (TPSA) is 20.3 Å². The third kappa shape index (κ3) is 4.18. The molecule has 3 rings (SSSR count). The Labute approximate surface area is 144 Å².